The number of hydrogen-bond acceptors (Lipinski definition) is 1. The van der Waals surface area contributed by atoms with E-state index in [9.17, 15) is 8.78 Å². The molecule has 1 aliphatic carbocycles. The van der Waals surface area contributed by atoms with Gasteiger partial charge in [-0.1, -0.05) is 6.42 Å². The van der Waals surface area contributed by atoms with Crippen molar-refractivity contribution in [3.05, 3.63) is 0 Å². The average Bonchev–Trinajstić information content (AvgIpc) is 1.92. The molecule has 0 radical (unpaired) electrons. The van der Waals surface area contributed by atoms with Crippen LogP contribution in [0.3, 0.4) is 0 Å². The van der Waals surface area contributed by atoms with Crippen LogP contribution in [-0.4, -0.2) is 31.5 Å². The fraction of sp³-hybridized carbons (Fsp3) is 1.00. The third-order valence-electron chi connectivity index (χ3n) is 2.50. The van der Waals surface area contributed by atoms with Gasteiger partial charge in [-0.15, -0.1) is 0 Å². The number of hydrogen-bond donors (Lipinski definition) is 0. The molecule has 1 saturated carbocycles. The molecule has 1 rings (SSSR count). The van der Waals surface area contributed by atoms with Gasteiger partial charge in [0.2, 0.25) is 0 Å². The highest BCUT2D eigenvalue weighted by Crippen LogP contribution is 2.38. The van der Waals surface area contributed by atoms with E-state index in [0.717, 1.165) is 6.42 Å². The second-order valence-electron chi connectivity index (χ2n) is 3.97. The standard InChI is InChI=1S/C9H17F2N/c1-12(2)7-8-5-3-4-6-9(8,10)11/h8H,3-7H2,1-2H3. The van der Waals surface area contributed by atoms with E-state index in [0.29, 0.717) is 19.4 Å². The van der Waals surface area contributed by atoms with Gasteiger partial charge in [0.1, 0.15) is 0 Å². The van der Waals surface area contributed by atoms with Crippen LogP contribution in [0.1, 0.15) is 25.7 Å². The third kappa shape index (κ3) is 2.41. The Labute approximate surface area is 72.7 Å². The lowest BCUT2D eigenvalue weighted by Gasteiger charge is -2.32. The molecule has 0 heterocycles. The molecule has 0 aromatic rings. The number of halogens is 2. The van der Waals surface area contributed by atoms with Crippen LogP contribution in [-0.2, 0) is 0 Å². The van der Waals surface area contributed by atoms with Gasteiger partial charge in [0.25, 0.3) is 5.92 Å². The monoisotopic (exact) mass is 177 g/mol. The fourth-order valence-electron chi connectivity index (χ4n) is 1.83. The molecule has 12 heavy (non-hydrogen) atoms. The highest BCUT2D eigenvalue weighted by Gasteiger charge is 2.41. The predicted molar refractivity (Wildman–Crippen MR) is 45.5 cm³/mol. The van der Waals surface area contributed by atoms with Crippen LogP contribution in [0.2, 0.25) is 0 Å². The molecule has 0 aromatic heterocycles. The van der Waals surface area contributed by atoms with Crippen molar-refractivity contribution in [2.45, 2.75) is 31.6 Å². The minimum atomic E-state index is -2.41. The summed E-state index contributed by atoms with van der Waals surface area (Å²) < 4.78 is 26.4. The third-order valence-corrected chi connectivity index (χ3v) is 2.50. The summed E-state index contributed by atoms with van der Waals surface area (Å²) in [4.78, 5) is 1.85. The fourth-order valence-corrected chi connectivity index (χ4v) is 1.83. The molecule has 0 aliphatic heterocycles. The van der Waals surface area contributed by atoms with E-state index in [1.54, 1.807) is 0 Å². The Morgan fingerprint density at radius 2 is 2.00 bits per heavy atom. The number of nitrogens with zero attached hydrogens (tertiary/aromatic N) is 1. The Bertz CT molecular complexity index is 145. The summed E-state index contributed by atoms with van der Waals surface area (Å²) >= 11 is 0. The second kappa shape index (κ2) is 3.69. The van der Waals surface area contributed by atoms with Crippen molar-refractivity contribution in [3.8, 4) is 0 Å². The first kappa shape index (κ1) is 9.90. The Balaban J connectivity index is 2.48. The molecular formula is C9H17F2N. The highest BCUT2D eigenvalue weighted by atomic mass is 19.3. The van der Waals surface area contributed by atoms with Gasteiger partial charge in [0.15, 0.2) is 0 Å². The van der Waals surface area contributed by atoms with Crippen molar-refractivity contribution in [1.29, 1.82) is 0 Å². The van der Waals surface area contributed by atoms with Crippen molar-refractivity contribution in [2.24, 2.45) is 5.92 Å². The zero-order valence-corrected chi connectivity index (χ0v) is 7.82. The smallest absolute Gasteiger partial charge is 0.252 e. The van der Waals surface area contributed by atoms with E-state index in [1.807, 2.05) is 19.0 Å². The van der Waals surface area contributed by atoms with Crippen LogP contribution < -0.4 is 0 Å². The van der Waals surface area contributed by atoms with Gasteiger partial charge in [0, 0.05) is 18.9 Å². The Hall–Kier alpha value is -0.180. The number of rotatable bonds is 2. The molecule has 0 amide bonds. The molecule has 0 saturated heterocycles. The van der Waals surface area contributed by atoms with E-state index in [2.05, 4.69) is 0 Å². The largest absolute Gasteiger partial charge is 0.309 e. The molecule has 1 aliphatic rings. The molecule has 0 aromatic carbocycles. The number of alkyl halides is 2. The lowest BCUT2D eigenvalue weighted by molar-refractivity contribution is -0.0915. The maximum Gasteiger partial charge on any atom is 0.252 e. The molecule has 0 N–H and O–H groups in total. The maximum absolute atomic E-state index is 13.2. The summed E-state index contributed by atoms with van der Waals surface area (Å²) in [6.45, 7) is 0.521. The van der Waals surface area contributed by atoms with Gasteiger partial charge in [-0.05, 0) is 26.9 Å². The van der Waals surface area contributed by atoms with Gasteiger partial charge in [-0.3, -0.25) is 0 Å². The molecule has 0 bridgehead atoms. The van der Waals surface area contributed by atoms with Crippen molar-refractivity contribution in [2.75, 3.05) is 20.6 Å². The maximum atomic E-state index is 13.2. The Morgan fingerprint density at radius 1 is 1.33 bits per heavy atom. The van der Waals surface area contributed by atoms with Crippen molar-refractivity contribution >= 4 is 0 Å². The zero-order chi connectivity index (χ0) is 9.19. The Kier molecular flexibility index (Phi) is 3.04. The summed E-state index contributed by atoms with van der Waals surface area (Å²) in [5, 5.41) is 0. The van der Waals surface area contributed by atoms with Gasteiger partial charge in [-0.25, -0.2) is 8.78 Å². The topological polar surface area (TPSA) is 3.24 Å². The first-order valence-corrected chi connectivity index (χ1v) is 4.55. The van der Waals surface area contributed by atoms with Crippen molar-refractivity contribution in [3.63, 3.8) is 0 Å². The molecule has 1 unspecified atom stereocenters. The van der Waals surface area contributed by atoms with Gasteiger partial charge in [0.05, 0.1) is 0 Å². The van der Waals surface area contributed by atoms with Crippen LogP contribution in [0, 0.1) is 5.92 Å². The normalized spacial score (nSPS) is 29.2. The highest BCUT2D eigenvalue weighted by molar-refractivity contribution is 4.82. The lowest BCUT2D eigenvalue weighted by Crippen LogP contribution is -2.38. The van der Waals surface area contributed by atoms with E-state index in [1.165, 1.54) is 0 Å². The summed E-state index contributed by atoms with van der Waals surface area (Å²) in [6.07, 6.45) is 2.43. The summed E-state index contributed by atoms with van der Waals surface area (Å²) in [7, 11) is 3.70. The van der Waals surface area contributed by atoms with Crippen LogP contribution in [0.25, 0.3) is 0 Å². The van der Waals surface area contributed by atoms with Gasteiger partial charge < -0.3 is 4.90 Å². The van der Waals surface area contributed by atoms with E-state index in [4.69, 9.17) is 0 Å². The summed E-state index contributed by atoms with van der Waals surface area (Å²) in [5.41, 5.74) is 0. The molecule has 1 fully saturated rings. The summed E-state index contributed by atoms with van der Waals surface area (Å²) in [6, 6.07) is 0. The molecular weight excluding hydrogens is 160 g/mol. The van der Waals surface area contributed by atoms with Crippen LogP contribution in [0.5, 0.6) is 0 Å². The molecule has 3 heteroatoms. The molecule has 1 atom stereocenters. The SMILES string of the molecule is CN(C)CC1CCCCC1(F)F. The molecule has 1 nitrogen and oxygen atoms in total. The van der Waals surface area contributed by atoms with Gasteiger partial charge in [-0.2, -0.15) is 0 Å². The van der Waals surface area contributed by atoms with Crippen LogP contribution in [0.4, 0.5) is 8.78 Å². The van der Waals surface area contributed by atoms with E-state index >= 15 is 0 Å². The first-order chi connectivity index (χ1) is 5.52. The van der Waals surface area contributed by atoms with Crippen LogP contribution >= 0.6 is 0 Å². The van der Waals surface area contributed by atoms with Crippen molar-refractivity contribution < 1.29 is 8.78 Å². The van der Waals surface area contributed by atoms with Gasteiger partial charge >= 0.3 is 0 Å². The van der Waals surface area contributed by atoms with Crippen molar-refractivity contribution in [1.82, 2.24) is 4.90 Å². The quantitative estimate of drug-likeness (QED) is 0.626. The van der Waals surface area contributed by atoms with Crippen LogP contribution in [0.15, 0.2) is 0 Å². The molecule has 0 spiro atoms. The predicted octanol–water partition coefficient (Wildman–Crippen LogP) is 2.37. The Morgan fingerprint density at radius 3 is 2.50 bits per heavy atom. The lowest BCUT2D eigenvalue weighted by atomic mass is 9.85. The summed E-state index contributed by atoms with van der Waals surface area (Å²) in [5.74, 6) is -2.83. The zero-order valence-electron chi connectivity index (χ0n) is 7.82. The molecule has 72 valence electrons. The van der Waals surface area contributed by atoms with E-state index < -0.39 is 11.8 Å². The minimum absolute atomic E-state index is 0.0888. The second-order valence-corrected chi connectivity index (χ2v) is 3.97. The first-order valence-electron chi connectivity index (χ1n) is 4.55. The van der Waals surface area contributed by atoms with E-state index in [-0.39, 0.29) is 6.42 Å². The average molecular weight is 177 g/mol. The minimum Gasteiger partial charge on any atom is -0.309 e.